The van der Waals surface area contributed by atoms with Crippen LogP contribution in [0, 0.1) is 0 Å². The molecule has 0 saturated heterocycles. The number of hydrogen-bond acceptors (Lipinski definition) is 9. The minimum Gasteiger partial charge on any atom is -0.505 e. The van der Waals surface area contributed by atoms with Gasteiger partial charge in [-0.3, -0.25) is 4.79 Å². The summed E-state index contributed by atoms with van der Waals surface area (Å²) in [5.74, 6) is -0.334. The Balaban J connectivity index is 0.000000317. The van der Waals surface area contributed by atoms with Gasteiger partial charge in [0.05, 0.1) is 0 Å². The number of carbonyl (C=O) groups excluding carboxylic acids is 2. The summed E-state index contributed by atoms with van der Waals surface area (Å²) < 4.78 is 8.82. The number of phenols is 1. The first-order valence-corrected chi connectivity index (χ1v) is 12.3. The highest BCUT2D eigenvalue weighted by molar-refractivity contribution is 7.80. The Kier molecular flexibility index (Phi) is 10.7. The van der Waals surface area contributed by atoms with Gasteiger partial charge in [0.15, 0.2) is 0 Å². The lowest BCUT2D eigenvalue weighted by Crippen LogP contribution is -2.23. The smallest absolute Gasteiger partial charge is 0.333 e. The number of rotatable bonds is 9. The van der Waals surface area contributed by atoms with E-state index in [-0.39, 0.29) is 36.4 Å². The number of phenolic OH excluding ortho intramolecular Hbond substituents is 1. The van der Waals surface area contributed by atoms with Crippen LogP contribution in [0.1, 0.15) is 52.2 Å². The zero-order chi connectivity index (χ0) is 27.8. The molecule has 0 aliphatic heterocycles. The lowest BCUT2D eigenvalue weighted by atomic mass is 9.84. The minimum absolute atomic E-state index is 0.159. The minimum atomic E-state index is -0.992. The number of aliphatic hydroxyl groups is 1. The fraction of sp³-hybridized carbons (Fsp3) is 0.407. The Morgan fingerprint density at radius 2 is 1.86 bits per heavy atom. The number of benzene rings is 2. The molecule has 0 spiro atoms. The van der Waals surface area contributed by atoms with Crippen molar-refractivity contribution >= 4 is 36.1 Å². The van der Waals surface area contributed by atoms with Crippen molar-refractivity contribution in [3.63, 3.8) is 0 Å². The summed E-state index contributed by atoms with van der Waals surface area (Å²) in [6.07, 6.45) is 1.01. The largest absolute Gasteiger partial charge is 0.505 e. The van der Waals surface area contributed by atoms with Gasteiger partial charge < -0.3 is 19.7 Å². The molecule has 37 heavy (non-hydrogen) atoms. The third-order valence-corrected chi connectivity index (χ3v) is 5.47. The fourth-order valence-corrected chi connectivity index (χ4v) is 3.54. The molecular formula is C27H35N3O6S. The predicted octanol–water partition coefficient (Wildman–Crippen LogP) is 4.30. The second-order valence-corrected chi connectivity index (χ2v) is 10.2. The molecule has 10 heteroatoms. The summed E-state index contributed by atoms with van der Waals surface area (Å²) in [6, 6.07) is 9.72. The van der Waals surface area contributed by atoms with Gasteiger partial charge in [0.25, 0.3) is 6.47 Å². The summed E-state index contributed by atoms with van der Waals surface area (Å²) in [5.41, 5.74) is 4.37. The molecule has 0 amide bonds. The number of aryl methyl sites for hydroxylation is 1. The summed E-state index contributed by atoms with van der Waals surface area (Å²) in [5, 5.41) is 28.9. The van der Waals surface area contributed by atoms with E-state index in [0.717, 1.165) is 34.3 Å². The first-order valence-electron chi connectivity index (χ1n) is 11.9. The molecule has 200 valence electrons. The van der Waals surface area contributed by atoms with Crippen LogP contribution >= 0.6 is 12.6 Å². The lowest BCUT2D eigenvalue weighted by molar-refractivity contribution is -0.144. The molecule has 1 heterocycles. The zero-order valence-corrected chi connectivity index (χ0v) is 22.8. The maximum atomic E-state index is 10.8. The topological polar surface area (TPSA) is 124 Å². The molecule has 0 fully saturated rings. The number of thiol groups is 1. The van der Waals surface area contributed by atoms with Crippen molar-refractivity contribution in [2.75, 3.05) is 13.2 Å². The average molecular weight is 530 g/mol. The average Bonchev–Trinajstić information content (AvgIpc) is 3.24. The molecule has 1 atom stereocenters. The van der Waals surface area contributed by atoms with Gasteiger partial charge in [0.1, 0.15) is 41.8 Å². The van der Waals surface area contributed by atoms with Crippen LogP contribution in [0.25, 0.3) is 16.7 Å². The number of esters is 1. The van der Waals surface area contributed by atoms with E-state index in [1.54, 1.807) is 0 Å². The van der Waals surface area contributed by atoms with Crippen molar-refractivity contribution in [1.82, 2.24) is 15.0 Å². The Morgan fingerprint density at radius 1 is 1.19 bits per heavy atom. The first-order chi connectivity index (χ1) is 17.4. The normalized spacial score (nSPS) is 11.9. The number of fused-ring (bicyclic) bond motifs is 1. The van der Waals surface area contributed by atoms with Crippen molar-refractivity contribution < 1.29 is 29.3 Å². The molecule has 3 rings (SSSR count). The second kappa shape index (κ2) is 13.3. The molecule has 0 aliphatic rings. The number of ether oxygens (including phenoxy) is 2. The van der Waals surface area contributed by atoms with E-state index in [1.807, 2.05) is 24.3 Å². The third-order valence-electron chi connectivity index (χ3n) is 5.19. The fourth-order valence-electron chi connectivity index (χ4n) is 3.34. The maximum Gasteiger partial charge on any atom is 0.333 e. The van der Waals surface area contributed by atoms with Gasteiger partial charge in [0.2, 0.25) is 0 Å². The molecule has 0 aliphatic carbocycles. The van der Waals surface area contributed by atoms with E-state index in [2.05, 4.69) is 72.6 Å². The van der Waals surface area contributed by atoms with Crippen LogP contribution in [0.15, 0.2) is 47.4 Å². The molecular weight excluding hydrogens is 494 g/mol. The van der Waals surface area contributed by atoms with Crippen LogP contribution in [0.2, 0.25) is 0 Å². The molecule has 0 bridgehead atoms. The summed E-state index contributed by atoms with van der Waals surface area (Å²) in [4.78, 5) is 22.8. The Bertz CT molecular complexity index is 1250. The van der Waals surface area contributed by atoms with E-state index in [1.165, 1.54) is 17.3 Å². The molecule has 0 saturated carbocycles. The summed E-state index contributed by atoms with van der Waals surface area (Å²) >= 11 is 4.35. The Labute approximate surface area is 222 Å². The van der Waals surface area contributed by atoms with Gasteiger partial charge in [-0.2, -0.15) is 0 Å². The van der Waals surface area contributed by atoms with Crippen molar-refractivity contribution in [2.45, 2.75) is 63.9 Å². The van der Waals surface area contributed by atoms with E-state index in [0.29, 0.717) is 5.69 Å². The number of nitrogens with zero attached hydrogens (tertiary/aromatic N) is 3. The van der Waals surface area contributed by atoms with Crippen LogP contribution in [0.5, 0.6) is 5.75 Å². The lowest BCUT2D eigenvalue weighted by Gasteiger charge is -2.23. The van der Waals surface area contributed by atoms with Gasteiger partial charge in [-0.1, -0.05) is 46.8 Å². The first kappa shape index (κ1) is 29.9. The van der Waals surface area contributed by atoms with Crippen molar-refractivity contribution in [2.24, 2.45) is 0 Å². The maximum absolute atomic E-state index is 10.8. The molecule has 0 radical (unpaired) electrons. The van der Waals surface area contributed by atoms with Gasteiger partial charge in [-0.05, 0) is 48.6 Å². The Hall–Kier alpha value is -3.37. The van der Waals surface area contributed by atoms with Crippen molar-refractivity contribution in [1.29, 1.82) is 0 Å². The molecule has 2 N–H and O–H groups in total. The second-order valence-electron chi connectivity index (χ2n) is 9.64. The van der Waals surface area contributed by atoms with Crippen LogP contribution in [0.3, 0.4) is 0 Å². The van der Waals surface area contributed by atoms with Crippen molar-refractivity contribution in [3.8, 4) is 11.4 Å². The van der Waals surface area contributed by atoms with E-state index in [4.69, 9.17) is 5.11 Å². The highest BCUT2D eigenvalue weighted by Gasteiger charge is 2.23. The van der Waals surface area contributed by atoms with Crippen LogP contribution < -0.4 is 0 Å². The van der Waals surface area contributed by atoms with Gasteiger partial charge in [-0.25, -0.2) is 4.79 Å². The quantitative estimate of drug-likeness (QED) is 0.162. The molecule has 1 aromatic heterocycles. The standard InChI is InChI=1S/C19H23N3OS.C8H12O5/c1-5-6-12-9-14(19(2,3)4)18(23)17(10-12)22-20-15-8-7-13(24)11-16(15)21-22;1-6(2)8(11)13-4-7(10)3-12-5-9/h7-11,23-24H,5-6H2,1-4H3;5,7,10H,1,3-4H2,2H3. The molecule has 1 unspecified atom stereocenters. The van der Waals surface area contributed by atoms with Gasteiger partial charge >= 0.3 is 5.97 Å². The van der Waals surface area contributed by atoms with E-state index in [9.17, 15) is 14.7 Å². The van der Waals surface area contributed by atoms with Gasteiger partial charge in [0, 0.05) is 16.0 Å². The number of aromatic nitrogens is 3. The third kappa shape index (κ3) is 8.61. The summed E-state index contributed by atoms with van der Waals surface area (Å²) in [6.45, 7) is 13.1. The SMILES string of the molecule is C=C(C)C(=O)OCC(O)COC=O.CCCc1cc(-n2nc3ccc(S)cc3n2)c(O)c(C(C)(C)C)c1. The van der Waals surface area contributed by atoms with Crippen LogP contribution in [0.4, 0.5) is 0 Å². The number of hydrogen-bond donors (Lipinski definition) is 3. The Morgan fingerprint density at radius 3 is 2.46 bits per heavy atom. The van der Waals surface area contributed by atoms with E-state index < -0.39 is 12.1 Å². The number of carbonyl (C=O) groups is 2. The van der Waals surface area contributed by atoms with Crippen molar-refractivity contribution in [3.05, 3.63) is 53.6 Å². The zero-order valence-electron chi connectivity index (χ0n) is 21.9. The highest BCUT2D eigenvalue weighted by Crippen LogP contribution is 2.36. The molecule has 3 aromatic rings. The monoisotopic (exact) mass is 529 g/mol. The molecule has 2 aromatic carbocycles. The molecule has 9 nitrogen and oxygen atoms in total. The van der Waals surface area contributed by atoms with Crippen LogP contribution in [-0.2, 0) is 30.9 Å². The summed E-state index contributed by atoms with van der Waals surface area (Å²) in [7, 11) is 0. The number of aromatic hydroxyl groups is 1. The highest BCUT2D eigenvalue weighted by atomic mass is 32.1. The van der Waals surface area contributed by atoms with Gasteiger partial charge in [-0.15, -0.1) is 27.6 Å². The van der Waals surface area contributed by atoms with Crippen LogP contribution in [-0.4, -0.2) is 57.0 Å². The number of aliphatic hydroxyl groups excluding tert-OH is 1. The predicted molar refractivity (Wildman–Crippen MR) is 144 cm³/mol. The van der Waals surface area contributed by atoms with E-state index >= 15 is 0 Å².